The van der Waals surface area contributed by atoms with Gasteiger partial charge in [-0.3, -0.25) is 4.79 Å². The fourth-order valence-electron chi connectivity index (χ4n) is 3.01. The molecule has 4 rings (SSSR count). The maximum atomic E-state index is 12.4. The van der Waals surface area contributed by atoms with Crippen molar-refractivity contribution >= 4 is 22.4 Å². The number of fused-ring (bicyclic) bond motifs is 1. The molecule has 1 amide bonds. The van der Waals surface area contributed by atoms with Crippen LogP contribution in [0.4, 0.5) is 5.13 Å². The van der Waals surface area contributed by atoms with Gasteiger partial charge in [-0.1, -0.05) is 53.8 Å². The number of rotatable bonds is 4. The Morgan fingerprint density at radius 2 is 2.08 bits per heavy atom. The Balaban J connectivity index is 1.46. The minimum absolute atomic E-state index is 0.0489. The van der Waals surface area contributed by atoms with Crippen molar-refractivity contribution in [1.29, 1.82) is 0 Å². The van der Waals surface area contributed by atoms with Crippen LogP contribution in [0.5, 0.6) is 5.75 Å². The molecule has 0 saturated heterocycles. The lowest BCUT2D eigenvalue weighted by Crippen LogP contribution is -2.14. The van der Waals surface area contributed by atoms with Crippen LogP contribution < -0.4 is 10.1 Å². The molecule has 5 heteroatoms. The number of nitrogens with zero attached hydrogens (tertiary/aromatic N) is 1. The standard InChI is InChI=1S/C20H18N2O2S/c1-13-19(15-5-3-2-4-6-15)25-20(21-13)22-18(23)12-14-7-8-17-16(11-14)9-10-24-17/h2-8,11H,9-10,12H2,1H3,(H,21,22,23). The molecule has 2 heterocycles. The number of ether oxygens (including phenoxy) is 1. The van der Waals surface area contributed by atoms with Gasteiger partial charge in [0.1, 0.15) is 5.75 Å². The average Bonchev–Trinajstić information content (AvgIpc) is 3.21. The molecule has 0 aliphatic carbocycles. The Morgan fingerprint density at radius 1 is 1.24 bits per heavy atom. The van der Waals surface area contributed by atoms with Gasteiger partial charge in [-0.15, -0.1) is 0 Å². The number of anilines is 1. The fraction of sp³-hybridized carbons (Fsp3) is 0.200. The maximum Gasteiger partial charge on any atom is 0.230 e. The molecule has 126 valence electrons. The van der Waals surface area contributed by atoms with E-state index in [-0.39, 0.29) is 5.91 Å². The Morgan fingerprint density at radius 3 is 2.92 bits per heavy atom. The quantitative estimate of drug-likeness (QED) is 0.766. The minimum Gasteiger partial charge on any atom is -0.493 e. The van der Waals surface area contributed by atoms with Gasteiger partial charge in [0.15, 0.2) is 5.13 Å². The number of thiazole rings is 1. The lowest BCUT2D eigenvalue weighted by Gasteiger charge is -2.04. The lowest BCUT2D eigenvalue weighted by molar-refractivity contribution is -0.115. The molecule has 0 unspecified atom stereocenters. The molecule has 3 aromatic rings. The molecule has 0 fully saturated rings. The summed E-state index contributed by atoms with van der Waals surface area (Å²) in [5.74, 6) is 0.888. The van der Waals surface area contributed by atoms with Crippen molar-refractivity contribution in [3.8, 4) is 16.2 Å². The first-order valence-electron chi connectivity index (χ1n) is 8.26. The van der Waals surface area contributed by atoms with Gasteiger partial charge in [0.2, 0.25) is 5.91 Å². The third-order valence-electron chi connectivity index (χ3n) is 4.20. The fourth-order valence-corrected chi connectivity index (χ4v) is 3.99. The second-order valence-corrected chi connectivity index (χ2v) is 7.06. The van der Waals surface area contributed by atoms with E-state index in [9.17, 15) is 4.79 Å². The number of hydrogen-bond acceptors (Lipinski definition) is 4. The van der Waals surface area contributed by atoms with Crippen LogP contribution in [0.1, 0.15) is 16.8 Å². The Labute approximate surface area is 150 Å². The van der Waals surface area contributed by atoms with Gasteiger partial charge < -0.3 is 10.1 Å². The molecule has 0 radical (unpaired) electrons. The number of benzene rings is 2. The van der Waals surface area contributed by atoms with Crippen molar-refractivity contribution in [3.63, 3.8) is 0 Å². The summed E-state index contributed by atoms with van der Waals surface area (Å²) in [6.45, 7) is 2.70. The van der Waals surface area contributed by atoms with Crippen LogP contribution in [-0.2, 0) is 17.6 Å². The number of carbonyl (C=O) groups excluding carboxylic acids is 1. The molecule has 1 aliphatic heterocycles. The molecule has 0 bridgehead atoms. The third kappa shape index (κ3) is 3.42. The van der Waals surface area contributed by atoms with Crippen LogP contribution in [0.2, 0.25) is 0 Å². The predicted molar refractivity (Wildman–Crippen MR) is 100 cm³/mol. The van der Waals surface area contributed by atoms with Crippen LogP contribution in [0, 0.1) is 6.92 Å². The molecule has 2 aromatic carbocycles. The number of hydrogen-bond donors (Lipinski definition) is 1. The highest BCUT2D eigenvalue weighted by atomic mass is 32.1. The number of aryl methyl sites for hydroxylation is 1. The number of amides is 1. The van der Waals surface area contributed by atoms with Gasteiger partial charge in [-0.2, -0.15) is 0 Å². The van der Waals surface area contributed by atoms with Crippen molar-refractivity contribution < 1.29 is 9.53 Å². The molecule has 0 atom stereocenters. The molecule has 1 aliphatic rings. The lowest BCUT2D eigenvalue weighted by atomic mass is 10.1. The second kappa shape index (κ2) is 6.69. The summed E-state index contributed by atoms with van der Waals surface area (Å²) < 4.78 is 5.50. The molecular formula is C20H18N2O2S. The third-order valence-corrected chi connectivity index (χ3v) is 5.32. The zero-order valence-corrected chi connectivity index (χ0v) is 14.7. The molecule has 0 saturated carbocycles. The Kier molecular flexibility index (Phi) is 4.24. The average molecular weight is 350 g/mol. The Bertz CT molecular complexity index is 919. The summed E-state index contributed by atoms with van der Waals surface area (Å²) in [5, 5.41) is 3.57. The predicted octanol–water partition coefficient (Wildman–Crippen LogP) is 4.23. The molecule has 1 aromatic heterocycles. The van der Waals surface area contributed by atoms with E-state index in [1.807, 2.05) is 37.3 Å². The monoisotopic (exact) mass is 350 g/mol. The Hall–Kier alpha value is -2.66. The number of carbonyl (C=O) groups is 1. The van der Waals surface area contributed by atoms with E-state index in [2.05, 4.69) is 28.5 Å². The first kappa shape index (κ1) is 15.8. The van der Waals surface area contributed by atoms with E-state index in [0.717, 1.165) is 40.5 Å². The summed E-state index contributed by atoms with van der Waals surface area (Å²) in [6.07, 6.45) is 1.25. The van der Waals surface area contributed by atoms with Crippen molar-refractivity contribution in [2.45, 2.75) is 19.8 Å². The van der Waals surface area contributed by atoms with Gasteiger partial charge in [0.25, 0.3) is 0 Å². The topological polar surface area (TPSA) is 51.2 Å². The molecular weight excluding hydrogens is 332 g/mol. The van der Waals surface area contributed by atoms with E-state index < -0.39 is 0 Å². The van der Waals surface area contributed by atoms with E-state index >= 15 is 0 Å². The molecule has 1 N–H and O–H groups in total. The van der Waals surface area contributed by atoms with Crippen molar-refractivity contribution in [2.24, 2.45) is 0 Å². The van der Waals surface area contributed by atoms with Crippen molar-refractivity contribution in [2.75, 3.05) is 11.9 Å². The highest BCUT2D eigenvalue weighted by molar-refractivity contribution is 7.19. The summed E-state index contributed by atoms with van der Waals surface area (Å²) in [6, 6.07) is 16.1. The first-order valence-corrected chi connectivity index (χ1v) is 9.08. The zero-order valence-electron chi connectivity index (χ0n) is 13.9. The van der Waals surface area contributed by atoms with Gasteiger partial charge >= 0.3 is 0 Å². The maximum absolute atomic E-state index is 12.4. The molecule has 4 nitrogen and oxygen atoms in total. The van der Waals surface area contributed by atoms with E-state index in [1.54, 1.807) is 0 Å². The van der Waals surface area contributed by atoms with Crippen LogP contribution in [-0.4, -0.2) is 17.5 Å². The zero-order chi connectivity index (χ0) is 17.2. The van der Waals surface area contributed by atoms with E-state index in [4.69, 9.17) is 4.74 Å². The normalized spacial score (nSPS) is 12.5. The van der Waals surface area contributed by atoms with Gasteiger partial charge in [-0.05, 0) is 29.7 Å². The van der Waals surface area contributed by atoms with E-state index in [1.165, 1.54) is 16.9 Å². The number of nitrogens with one attached hydrogen (secondary N) is 1. The van der Waals surface area contributed by atoms with Crippen LogP contribution in [0.25, 0.3) is 10.4 Å². The highest BCUT2D eigenvalue weighted by Crippen LogP contribution is 2.32. The van der Waals surface area contributed by atoms with Crippen LogP contribution in [0.15, 0.2) is 48.5 Å². The van der Waals surface area contributed by atoms with Crippen LogP contribution in [0.3, 0.4) is 0 Å². The van der Waals surface area contributed by atoms with Crippen molar-refractivity contribution in [1.82, 2.24) is 4.98 Å². The highest BCUT2D eigenvalue weighted by Gasteiger charge is 2.15. The van der Waals surface area contributed by atoms with Crippen LogP contribution >= 0.6 is 11.3 Å². The largest absolute Gasteiger partial charge is 0.493 e. The van der Waals surface area contributed by atoms with Crippen molar-refractivity contribution in [3.05, 3.63) is 65.4 Å². The smallest absolute Gasteiger partial charge is 0.230 e. The van der Waals surface area contributed by atoms with E-state index in [0.29, 0.717) is 11.6 Å². The summed E-state index contributed by atoms with van der Waals surface area (Å²) in [7, 11) is 0. The summed E-state index contributed by atoms with van der Waals surface area (Å²) in [4.78, 5) is 17.9. The minimum atomic E-state index is -0.0489. The van der Waals surface area contributed by atoms with Gasteiger partial charge in [-0.25, -0.2) is 4.98 Å². The first-order chi connectivity index (χ1) is 12.2. The second-order valence-electron chi connectivity index (χ2n) is 6.07. The van der Waals surface area contributed by atoms with Gasteiger partial charge in [0, 0.05) is 6.42 Å². The summed E-state index contributed by atoms with van der Waals surface area (Å²) in [5.41, 5.74) is 4.23. The molecule has 25 heavy (non-hydrogen) atoms. The van der Waals surface area contributed by atoms with Gasteiger partial charge in [0.05, 0.1) is 23.6 Å². The summed E-state index contributed by atoms with van der Waals surface area (Å²) >= 11 is 1.51. The number of aromatic nitrogens is 1. The molecule has 0 spiro atoms. The SMILES string of the molecule is Cc1nc(NC(=O)Cc2ccc3c(c2)CCO3)sc1-c1ccccc1.